The zero-order valence-electron chi connectivity index (χ0n) is 17.1. The number of nitrogens with one attached hydrogen (secondary N) is 1. The third kappa shape index (κ3) is 3.63. The van der Waals surface area contributed by atoms with Crippen LogP contribution in [0.5, 0.6) is 11.5 Å². The lowest BCUT2D eigenvalue weighted by Gasteiger charge is -2.29. The van der Waals surface area contributed by atoms with E-state index in [1.54, 1.807) is 47.4 Å². The van der Waals surface area contributed by atoms with Crippen molar-refractivity contribution in [2.45, 2.75) is 6.54 Å². The van der Waals surface area contributed by atoms with E-state index in [4.69, 9.17) is 4.74 Å². The molecule has 0 atom stereocenters. The number of hydrogen-bond acceptors (Lipinski definition) is 4. The summed E-state index contributed by atoms with van der Waals surface area (Å²) in [5, 5.41) is 14.4. The van der Waals surface area contributed by atoms with Crippen LogP contribution in [0.15, 0.2) is 84.9 Å². The molecule has 1 heterocycles. The minimum Gasteiger partial charge on any atom is -0.507 e. The van der Waals surface area contributed by atoms with Crippen LogP contribution in [0.3, 0.4) is 0 Å². The summed E-state index contributed by atoms with van der Waals surface area (Å²) < 4.78 is 5.49. The number of benzene rings is 4. The Bertz CT molecular complexity index is 1330. The van der Waals surface area contributed by atoms with E-state index in [0.29, 0.717) is 28.9 Å². The lowest BCUT2D eigenvalue weighted by molar-refractivity contribution is -0.121. The Morgan fingerprint density at radius 1 is 0.906 bits per heavy atom. The summed E-state index contributed by atoms with van der Waals surface area (Å²) in [6, 6.07) is 25.2. The van der Waals surface area contributed by atoms with E-state index >= 15 is 0 Å². The molecule has 0 aliphatic carbocycles. The van der Waals surface area contributed by atoms with E-state index in [2.05, 4.69) is 5.32 Å². The Labute approximate surface area is 184 Å². The van der Waals surface area contributed by atoms with Gasteiger partial charge in [-0.1, -0.05) is 48.5 Å². The maximum absolute atomic E-state index is 12.8. The van der Waals surface area contributed by atoms with Gasteiger partial charge in [0.05, 0.1) is 12.2 Å². The first-order valence-electron chi connectivity index (χ1n) is 10.2. The van der Waals surface area contributed by atoms with Gasteiger partial charge in [0.25, 0.3) is 11.8 Å². The molecule has 0 saturated carbocycles. The minimum atomic E-state index is -0.250. The van der Waals surface area contributed by atoms with Gasteiger partial charge in [0.2, 0.25) is 0 Å². The third-order valence-corrected chi connectivity index (χ3v) is 5.51. The number of phenols is 1. The van der Waals surface area contributed by atoms with Gasteiger partial charge in [-0.25, -0.2) is 0 Å². The molecule has 158 valence electrons. The zero-order chi connectivity index (χ0) is 22.1. The highest BCUT2D eigenvalue weighted by atomic mass is 16.5. The Morgan fingerprint density at radius 3 is 2.50 bits per heavy atom. The van der Waals surface area contributed by atoms with Gasteiger partial charge in [0.1, 0.15) is 11.5 Å². The van der Waals surface area contributed by atoms with Gasteiger partial charge < -0.3 is 20.1 Å². The monoisotopic (exact) mass is 424 g/mol. The van der Waals surface area contributed by atoms with Crippen LogP contribution in [-0.4, -0.2) is 23.5 Å². The number of ether oxygens (including phenoxy) is 1. The molecule has 0 spiro atoms. The molecule has 6 nitrogen and oxygen atoms in total. The molecule has 5 rings (SSSR count). The molecule has 1 aliphatic rings. The molecule has 0 radical (unpaired) electrons. The molecule has 4 aromatic rings. The summed E-state index contributed by atoms with van der Waals surface area (Å²) in [6.07, 6.45) is 0. The Kier molecular flexibility index (Phi) is 4.95. The van der Waals surface area contributed by atoms with E-state index in [-0.39, 0.29) is 24.2 Å². The first kappa shape index (κ1) is 19.6. The molecule has 0 bridgehead atoms. The fraction of sp³-hybridized carbons (Fsp3) is 0.0769. The van der Waals surface area contributed by atoms with Gasteiger partial charge in [-0.2, -0.15) is 0 Å². The van der Waals surface area contributed by atoms with Crippen LogP contribution in [-0.2, 0) is 11.3 Å². The third-order valence-electron chi connectivity index (χ3n) is 5.51. The topological polar surface area (TPSA) is 78.9 Å². The summed E-state index contributed by atoms with van der Waals surface area (Å²) in [7, 11) is 0. The van der Waals surface area contributed by atoms with Crippen LogP contribution in [0.2, 0.25) is 0 Å². The van der Waals surface area contributed by atoms with Gasteiger partial charge >= 0.3 is 0 Å². The molecule has 0 saturated heterocycles. The highest BCUT2D eigenvalue weighted by Crippen LogP contribution is 2.33. The quantitative estimate of drug-likeness (QED) is 0.497. The summed E-state index contributed by atoms with van der Waals surface area (Å²) >= 11 is 0. The Balaban J connectivity index is 1.34. The Hall–Kier alpha value is -4.32. The van der Waals surface area contributed by atoms with E-state index in [0.717, 1.165) is 16.6 Å². The fourth-order valence-electron chi connectivity index (χ4n) is 3.87. The normalized spacial score (nSPS) is 12.9. The lowest BCUT2D eigenvalue weighted by Crippen LogP contribution is -2.38. The number of aromatic hydroxyl groups is 1. The second-order valence-electron chi connectivity index (χ2n) is 7.57. The van der Waals surface area contributed by atoms with Gasteiger partial charge in [0.15, 0.2) is 6.61 Å². The molecule has 6 heteroatoms. The molecular weight excluding hydrogens is 404 g/mol. The first-order chi connectivity index (χ1) is 15.6. The van der Waals surface area contributed by atoms with Crippen molar-refractivity contribution in [2.24, 2.45) is 0 Å². The smallest absolute Gasteiger partial charge is 0.265 e. The number of fused-ring (bicyclic) bond motifs is 2. The summed E-state index contributed by atoms with van der Waals surface area (Å²) in [5.74, 6) is 0.497. The van der Waals surface area contributed by atoms with Gasteiger partial charge in [-0.15, -0.1) is 0 Å². The second kappa shape index (κ2) is 8.07. The van der Waals surface area contributed by atoms with Crippen molar-refractivity contribution >= 4 is 34.0 Å². The van der Waals surface area contributed by atoms with Gasteiger partial charge in [0, 0.05) is 22.0 Å². The predicted molar refractivity (Wildman–Crippen MR) is 123 cm³/mol. The predicted octanol–water partition coefficient (Wildman–Crippen LogP) is 4.72. The summed E-state index contributed by atoms with van der Waals surface area (Å²) in [4.78, 5) is 26.9. The summed E-state index contributed by atoms with van der Waals surface area (Å²) in [5.41, 5.74) is 2.77. The molecule has 0 fully saturated rings. The molecule has 1 aliphatic heterocycles. The van der Waals surface area contributed by atoms with Crippen molar-refractivity contribution in [2.75, 3.05) is 16.8 Å². The van der Waals surface area contributed by atoms with Crippen molar-refractivity contribution in [1.29, 1.82) is 0 Å². The number of para-hydroxylation sites is 2. The number of carbonyl (C=O) groups is 2. The molecule has 4 aromatic carbocycles. The molecular formula is C26H20N2O4. The van der Waals surface area contributed by atoms with Crippen molar-refractivity contribution in [3.63, 3.8) is 0 Å². The van der Waals surface area contributed by atoms with Gasteiger partial charge in [-0.3, -0.25) is 9.59 Å². The standard InChI is InChI=1S/C26H20N2O4/c29-23-9-4-5-19-20(23)6-3-7-21(19)27-26(31)18-13-11-17(12-14-18)15-28-22-8-1-2-10-24(22)32-16-25(28)30/h1-14,29H,15-16H2,(H,27,31). The SMILES string of the molecule is O=C(Nc1cccc2c(O)cccc12)c1ccc(CN2C(=O)COc3ccccc32)cc1. The largest absolute Gasteiger partial charge is 0.507 e. The van der Waals surface area contributed by atoms with Crippen LogP contribution in [0.1, 0.15) is 15.9 Å². The zero-order valence-corrected chi connectivity index (χ0v) is 17.1. The van der Waals surface area contributed by atoms with Crippen LogP contribution < -0.4 is 15.0 Å². The van der Waals surface area contributed by atoms with Gasteiger partial charge in [-0.05, 0) is 42.0 Å². The Morgan fingerprint density at radius 2 is 1.66 bits per heavy atom. The number of carbonyl (C=O) groups excluding carboxylic acids is 2. The van der Waals surface area contributed by atoms with E-state index in [1.165, 1.54) is 0 Å². The van der Waals surface area contributed by atoms with E-state index < -0.39 is 0 Å². The van der Waals surface area contributed by atoms with E-state index in [9.17, 15) is 14.7 Å². The maximum Gasteiger partial charge on any atom is 0.265 e. The van der Waals surface area contributed by atoms with Crippen LogP contribution >= 0.6 is 0 Å². The van der Waals surface area contributed by atoms with Crippen LogP contribution in [0, 0.1) is 0 Å². The summed E-state index contributed by atoms with van der Waals surface area (Å²) in [6.45, 7) is 0.405. The minimum absolute atomic E-state index is 0.0120. The molecule has 0 unspecified atom stereocenters. The molecule has 2 N–H and O–H groups in total. The van der Waals surface area contributed by atoms with Crippen molar-refractivity contribution in [3.8, 4) is 11.5 Å². The second-order valence-corrected chi connectivity index (χ2v) is 7.57. The molecule has 0 aromatic heterocycles. The number of phenolic OH excluding ortho intramolecular Hbond substituents is 1. The number of rotatable bonds is 4. The van der Waals surface area contributed by atoms with Crippen LogP contribution in [0.4, 0.5) is 11.4 Å². The number of amides is 2. The molecule has 32 heavy (non-hydrogen) atoms. The van der Waals surface area contributed by atoms with E-state index in [1.807, 2.05) is 42.5 Å². The number of nitrogens with zero attached hydrogens (tertiary/aromatic N) is 1. The van der Waals surface area contributed by atoms with Crippen LogP contribution in [0.25, 0.3) is 10.8 Å². The molecule has 2 amide bonds. The number of hydrogen-bond donors (Lipinski definition) is 2. The van der Waals surface area contributed by atoms with Crippen molar-refractivity contribution < 1.29 is 19.4 Å². The number of anilines is 2. The average Bonchev–Trinajstić information content (AvgIpc) is 2.82. The maximum atomic E-state index is 12.8. The first-order valence-corrected chi connectivity index (χ1v) is 10.2. The highest BCUT2D eigenvalue weighted by Gasteiger charge is 2.25. The average molecular weight is 424 g/mol. The highest BCUT2D eigenvalue weighted by molar-refractivity contribution is 6.10. The lowest BCUT2D eigenvalue weighted by atomic mass is 10.1. The fourth-order valence-corrected chi connectivity index (χ4v) is 3.87. The van der Waals surface area contributed by atoms with Crippen molar-refractivity contribution in [1.82, 2.24) is 0 Å². The van der Waals surface area contributed by atoms with Crippen molar-refractivity contribution in [3.05, 3.63) is 96.1 Å².